The Kier molecular flexibility index (Phi) is 4.69. The molecule has 1 aliphatic heterocycles. The van der Waals surface area contributed by atoms with E-state index in [0.717, 1.165) is 31.9 Å². The Morgan fingerprint density at radius 3 is 3.00 bits per heavy atom. The van der Waals surface area contributed by atoms with Crippen LogP contribution in [-0.2, 0) is 17.9 Å². The molecule has 3 rings (SSSR count). The fourth-order valence-corrected chi connectivity index (χ4v) is 3.04. The lowest BCUT2D eigenvalue weighted by molar-refractivity contribution is 0.190. The Labute approximate surface area is 123 Å². The van der Waals surface area contributed by atoms with Crippen molar-refractivity contribution in [2.24, 2.45) is 0 Å². The molecule has 0 saturated carbocycles. The maximum absolute atomic E-state index is 5.75. The zero-order chi connectivity index (χ0) is 13.6. The van der Waals surface area contributed by atoms with Gasteiger partial charge >= 0.3 is 0 Å². The van der Waals surface area contributed by atoms with Gasteiger partial charge in [-0.05, 0) is 30.0 Å². The van der Waals surface area contributed by atoms with Crippen LogP contribution in [0.25, 0.3) is 0 Å². The minimum atomic E-state index is 0.515. The van der Waals surface area contributed by atoms with Gasteiger partial charge in [0.15, 0.2) is 0 Å². The summed E-state index contributed by atoms with van der Waals surface area (Å²) in [6.45, 7) is 3.28. The van der Waals surface area contributed by atoms with Crippen molar-refractivity contribution < 1.29 is 9.47 Å². The molecule has 20 heavy (non-hydrogen) atoms. The van der Waals surface area contributed by atoms with Crippen LogP contribution in [0.2, 0.25) is 0 Å². The van der Waals surface area contributed by atoms with Crippen molar-refractivity contribution in [2.45, 2.75) is 25.6 Å². The molecule has 1 aromatic heterocycles. The van der Waals surface area contributed by atoms with Crippen molar-refractivity contribution in [1.82, 2.24) is 5.32 Å². The fraction of sp³-hybridized carbons (Fsp3) is 0.375. The second-order valence-electron chi connectivity index (χ2n) is 4.96. The van der Waals surface area contributed by atoms with E-state index in [1.54, 1.807) is 11.3 Å². The summed E-state index contributed by atoms with van der Waals surface area (Å²) in [5, 5.41) is 5.70. The predicted octanol–water partition coefficient (Wildman–Crippen LogP) is 3.21. The van der Waals surface area contributed by atoms with E-state index in [9.17, 15) is 0 Å². The summed E-state index contributed by atoms with van der Waals surface area (Å²) in [4.78, 5) is 1.35. The normalized spacial score (nSPS) is 18.3. The van der Waals surface area contributed by atoms with Crippen LogP contribution in [0.3, 0.4) is 0 Å². The summed E-state index contributed by atoms with van der Waals surface area (Å²) in [5.41, 5.74) is 1.23. The smallest absolute Gasteiger partial charge is 0.119 e. The summed E-state index contributed by atoms with van der Waals surface area (Å²) >= 11 is 1.78. The monoisotopic (exact) mass is 289 g/mol. The van der Waals surface area contributed by atoms with Gasteiger partial charge in [0.25, 0.3) is 0 Å². The van der Waals surface area contributed by atoms with Crippen molar-refractivity contribution in [3.8, 4) is 5.75 Å². The molecule has 1 aromatic carbocycles. The molecule has 1 saturated heterocycles. The molecule has 0 amide bonds. The Bertz CT molecular complexity index is 520. The molecule has 3 nitrogen and oxygen atoms in total. The molecule has 0 unspecified atom stereocenters. The number of hydrogen-bond acceptors (Lipinski definition) is 4. The molecule has 106 valence electrons. The van der Waals surface area contributed by atoms with E-state index in [-0.39, 0.29) is 0 Å². The number of ether oxygens (including phenoxy) is 2. The van der Waals surface area contributed by atoms with E-state index in [2.05, 4.69) is 16.8 Å². The maximum atomic E-state index is 5.75. The van der Waals surface area contributed by atoms with Gasteiger partial charge in [-0.25, -0.2) is 0 Å². The number of hydrogen-bond donors (Lipinski definition) is 1. The largest absolute Gasteiger partial charge is 0.489 e. The van der Waals surface area contributed by atoms with E-state index < -0.39 is 0 Å². The summed E-state index contributed by atoms with van der Waals surface area (Å²) in [7, 11) is 0. The Hall–Kier alpha value is -1.36. The van der Waals surface area contributed by atoms with Crippen LogP contribution in [0, 0.1) is 0 Å². The zero-order valence-electron chi connectivity index (χ0n) is 11.4. The summed E-state index contributed by atoms with van der Waals surface area (Å²) in [5.74, 6) is 0.918. The molecule has 1 fully saturated rings. The van der Waals surface area contributed by atoms with Crippen LogP contribution >= 0.6 is 11.3 Å². The van der Waals surface area contributed by atoms with Gasteiger partial charge in [0.2, 0.25) is 0 Å². The third-order valence-corrected chi connectivity index (χ3v) is 4.34. The topological polar surface area (TPSA) is 30.5 Å². The van der Waals surface area contributed by atoms with E-state index in [0.29, 0.717) is 12.6 Å². The Balaban J connectivity index is 1.46. The van der Waals surface area contributed by atoms with E-state index >= 15 is 0 Å². The molecule has 0 spiro atoms. The number of benzene rings is 1. The van der Waals surface area contributed by atoms with Crippen LogP contribution in [0.5, 0.6) is 5.75 Å². The van der Waals surface area contributed by atoms with Crippen LogP contribution < -0.4 is 10.1 Å². The van der Waals surface area contributed by atoms with Crippen molar-refractivity contribution >= 4 is 11.3 Å². The molecule has 0 aliphatic carbocycles. The highest BCUT2D eigenvalue weighted by atomic mass is 32.1. The minimum absolute atomic E-state index is 0.515. The number of nitrogens with one attached hydrogen (secondary N) is 1. The van der Waals surface area contributed by atoms with E-state index in [1.165, 1.54) is 10.4 Å². The van der Waals surface area contributed by atoms with Gasteiger partial charge in [-0.1, -0.05) is 18.2 Å². The number of para-hydroxylation sites is 1. The molecular formula is C16H19NO2S. The highest BCUT2D eigenvalue weighted by Crippen LogP contribution is 2.18. The van der Waals surface area contributed by atoms with Gasteiger partial charge in [0.1, 0.15) is 12.4 Å². The lowest BCUT2D eigenvalue weighted by Gasteiger charge is -2.08. The molecule has 4 heteroatoms. The van der Waals surface area contributed by atoms with Gasteiger partial charge in [-0.2, -0.15) is 0 Å². The molecule has 1 atom stereocenters. The predicted molar refractivity (Wildman–Crippen MR) is 81.2 cm³/mol. The third kappa shape index (κ3) is 3.82. The van der Waals surface area contributed by atoms with Gasteiger partial charge in [0.05, 0.1) is 6.61 Å². The van der Waals surface area contributed by atoms with E-state index in [1.807, 2.05) is 30.3 Å². The van der Waals surface area contributed by atoms with Gasteiger partial charge in [-0.3, -0.25) is 0 Å². The molecule has 0 radical (unpaired) electrons. The number of rotatable bonds is 6. The molecule has 0 bridgehead atoms. The Morgan fingerprint density at radius 1 is 1.30 bits per heavy atom. The first-order valence-electron chi connectivity index (χ1n) is 6.95. The van der Waals surface area contributed by atoms with Crippen LogP contribution in [-0.4, -0.2) is 19.3 Å². The summed E-state index contributed by atoms with van der Waals surface area (Å²) in [6, 6.07) is 12.7. The second-order valence-corrected chi connectivity index (χ2v) is 5.96. The van der Waals surface area contributed by atoms with Gasteiger partial charge < -0.3 is 14.8 Å². The summed E-state index contributed by atoms with van der Waals surface area (Å²) < 4.78 is 11.1. The second kappa shape index (κ2) is 6.88. The molecular weight excluding hydrogens is 270 g/mol. The quantitative estimate of drug-likeness (QED) is 0.886. The first-order valence-corrected chi connectivity index (χ1v) is 7.83. The minimum Gasteiger partial charge on any atom is -0.489 e. The first-order chi connectivity index (χ1) is 9.90. The lowest BCUT2D eigenvalue weighted by atomic mass is 10.2. The Morgan fingerprint density at radius 2 is 2.20 bits per heavy atom. The van der Waals surface area contributed by atoms with Crippen LogP contribution in [0.1, 0.15) is 16.9 Å². The zero-order valence-corrected chi connectivity index (χ0v) is 12.2. The fourth-order valence-electron chi connectivity index (χ4n) is 2.22. The van der Waals surface area contributed by atoms with Crippen LogP contribution in [0.15, 0.2) is 41.8 Å². The molecule has 1 N–H and O–H groups in total. The number of thiophene rings is 1. The average molecular weight is 289 g/mol. The molecule has 2 heterocycles. The third-order valence-electron chi connectivity index (χ3n) is 3.35. The SMILES string of the molecule is c1ccc(OCc2csc(CN[C@@H]3CCOC3)c2)cc1. The molecule has 1 aliphatic rings. The lowest BCUT2D eigenvalue weighted by Crippen LogP contribution is -2.28. The van der Waals surface area contributed by atoms with Crippen LogP contribution in [0.4, 0.5) is 0 Å². The van der Waals surface area contributed by atoms with Crippen molar-refractivity contribution in [3.63, 3.8) is 0 Å². The standard InChI is InChI=1S/C16H19NO2S/c1-2-4-15(5-3-1)19-10-13-8-16(20-12-13)9-17-14-6-7-18-11-14/h1-5,8,12,14,17H,6-7,9-11H2/t14-/m1/s1. The maximum Gasteiger partial charge on any atom is 0.119 e. The van der Waals surface area contributed by atoms with Gasteiger partial charge in [0, 0.05) is 29.6 Å². The van der Waals surface area contributed by atoms with E-state index in [4.69, 9.17) is 9.47 Å². The first kappa shape index (κ1) is 13.6. The van der Waals surface area contributed by atoms with Gasteiger partial charge in [-0.15, -0.1) is 11.3 Å². The van der Waals surface area contributed by atoms with Crippen molar-refractivity contribution in [3.05, 3.63) is 52.2 Å². The summed E-state index contributed by atoms with van der Waals surface area (Å²) in [6.07, 6.45) is 1.12. The van der Waals surface area contributed by atoms with Crippen molar-refractivity contribution in [1.29, 1.82) is 0 Å². The average Bonchev–Trinajstić information content (AvgIpc) is 3.16. The highest BCUT2D eigenvalue weighted by molar-refractivity contribution is 7.10. The molecule has 2 aromatic rings. The van der Waals surface area contributed by atoms with Crippen molar-refractivity contribution in [2.75, 3.05) is 13.2 Å². The highest BCUT2D eigenvalue weighted by Gasteiger charge is 2.14.